The molecule has 0 spiro atoms. The third-order valence-corrected chi connectivity index (χ3v) is 1.88. The second kappa shape index (κ2) is 2.46. The van der Waals surface area contributed by atoms with Gasteiger partial charge in [-0.05, 0) is 26.4 Å². The lowest BCUT2D eigenvalue weighted by Gasteiger charge is -2.15. The van der Waals surface area contributed by atoms with E-state index in [0.717, 1.165) is 6.54 Å². The van der Waals surface area contributed by atoms with Crippen LogP contribution in [0.3, 0.4) is 0 Å². The van der Waals surface area contributed by atoms with Crippen LogP contribution in [-0.4, -0.2) is 36.2 Å². The van der Waals surface area contributed by atoms with Gasteiger partial charge in [0, 0.05) is 6.04 Å². The first-order chi connectivity index (χ1) is 3.84. The van der Waals surface area contributed by atoms with Crippen molar-refractivity contribution in [2.75, 3.05) is 20.2 Å². The highest BCUT2D eigenvalue weighted by Gasteiger charge is 2.18. The summed E-state index contributed by atoms with van der Waals surface area (Å²) in [5.41, 5.74) is 0. The lowest BCUT2D eigenvalue weighted by molar-refractivity contribution is 0.182. The molecule has 1 aliphatic heterocycles. The van der Waals surface area contributed by atoms with Gasteiger partial charge in [-0.1, -0.05) is 0 Å². The molecule has 1 atom stereocenters. The van der Waals surface area contributed by atoms with Gasteiger partial charge in [0.25, 0.3) is 0 Å². The van der Waals surface area contributed by atoms with Crippen LogP contribution in [0, 0.1) is 0 Å². The molecule has 1 saturated heterocycles. The van der Waals surface area contributed by atoms with E-state index >= 15 is 0 Å². The maximum Gasteiger partial charge on any atom is 0.0586 e. The van der Waals surface area contributed by atoms with Crippen LogP contribution in [0.15, 0.2) is 0 Å². The predicted octanol–water partition coefficient (Wildman–Crippen LogP) is 0.0729. The largest absolute Gasteiger partial charge is 0.395 e. The fourth-order valence-electron chi connectivity index (χ4n) is 1.21. The zero-order valence-electron chi connectivity index (χ0n) is 5.30. The second-order valence-corrected chi connectivity index (χ2v) is 2.46. The third-order valence-electron chi connectivity index (χ3n) is 1.88. The Hall–Kier alpha value is -0.0800. The molecule has 0 aliphatic carbocycles. The number of rotatable bonds is 1. The summed E-state index contributed by atoms with van der Waals surface area (Å²) in [5, 5.41) is 8.69. The number of aliphatic hydroxyl groups excluding tert-OH is 1. The molecule has 1 aliphatic rings. The first kappa shape index (κ1) is 6.05. The average molecular weight is 114 g/mol. The normalized spacial score (nSPS) is 31.5. The zero-order chi connectivity index (χ0) is 5.98. The van der Waals surface area contributed by atoms with Gasteiger partial charge in [0.2, 0.25) is 0 Å². The van der Waals surface area contributed by atoms with E-state index in [1.54, 1.807) is 0 Å². The van der Waals surface area contributed by atoms with Gasteiger partial charge in [-0.25, -0.2) is 0 Å². The smallest absolute Gasteiger partial charge is 0.0586 e. The SMILES string of the molecule is [11CH3]N1CCC[C@H]1CO. The molecule has 1 fully saturated rings. The van der Waals surface area contributed by atoms with Gasteiger partial charge in [0.05, 0.1) is 6.61 Å². The molecule has 0 amide bonds. The minimum Gasteiger partial charge on any atom is -0.395 e. The summed E-state index contributed by atoms with van der Waals surface area (Å²) in [6, 6.07) is 0.454. The summed E-state index contributed by atoms with van der Waals surface area (Å²) < 4.78 is 0. The first-order valence-corrected chi connectivity index (χ1v) is 3.15. The zero-order valence-corrected chi connectivity index (χ0v) is 5.30. The predicted molar refractivity (Wildman–Crippen MR) is 32.7 cm³/mol. The van der Waals surface area contributed by atoms with Crippen LogP contribution in [0.4, 0.5) is 0 Å². The second-order valence-electron chi connectivity index (χ2n) is 2.46. The minimum atomic E-state index is 0.330. The Balaban J connectivity index is 2.30. The molecule has 0 aromatic rings. The molecule has 1 heterocycles. The molecule has 0 unspecified atom stereocenters. The van der Waals surface area contributed by atoms with Crippen LogP contribution < -0.4 is 0 Å². The van der Waals surface area contributed by atoms with E-state index in [1.807, 2.05) is 0 Å². The third kappa shape index (κ3) is 1.01. The van der Waals surface area contributed by atoms with E-state index in [9.17, 15) is 0 Å². The number of hydrogen-bond acceptors (Lipinski definition) is 2. The van der Waals surface area contributed by atoms with Crippen LogP contribution >= 0.6 is 0 Å². The Bertz CT molecular complexity index is 74.9. The quantitative estimate of drug-likeness (QED) is 0.521. The first-order valence-electron chi connectivity index (χ1n) is 3.15. The number of aliphatic hydroxyl groups is 1. The summed E-state index contributed by atoms with van der Waals surface area (Å²) in [5.74, 6) is 0. The molecule has 0 saturated carbocycles. The Morgan fingerprint density at radius 2 is 2.50 bits per heavy atom. The molecule has 0 aromatic carbocycles. The highest BCUT2D eigenvalue weighted by atomic mass is 16.3. The molecular weight excluding hydrogens is 101 g/mol. The van der Waals surface area contributed by atoms with Crippen LogP contribution in [0.25, 0.3) is 0 Å². The molecule has 2 heteroatoms. The van der Waals surface area contributed by atoms with Gasteiger partial charge in [0.1, 0.15) is 0 Å². The maximum absolute atomic E-state index is 8.69. The molecule has 0 radical (unpaired) electrons. The minimum absolute atomic E-state index is 0.330. The van der Waals surface area contributed by atoms with Crippen molar-refractivity contribution in [3.05, 3.63) is 0 Å². The van der Waals surface area contributed by atoms with E-state index in [2.05, 4.69) is 11.9 Å². The van der Waals surface area contributed by atoms with Crippen molar-refractivity contribution in [1.29, 1.82) is 0 Å². The van der Waals surface area contributed by atoms with Gasteiger partial charge in [-0.2, -0.15) is 0 Å². The van der Waals surface area contributed by atoms with Gasteiger partial charge < -0.3 is 10.0 Å². The molecule has 8 heavy (non-hydrogen) atoms. The molecule has 0 aromatic heterocycles. The number of hydrogen-bond donors (Lipinski definition) is 1. The molecule has 0 bridgehead atoms. The Morgan fingerprint density at radius 1 is 1.75 bits per heavy atom. The summed E-state index contributed by atoms with van der Waals surface area (Å²) in [4.78, 5) is 2.21. The lowest BCUT2D eigenvalue weighted by Crippen LogP contribution is -2.27. The maximum atomic E-state index is 8.69. The van der Waals surface area contributed by atoms with E-state index in [4.69, 9.17) is 5.11 Å². The number of nitrogens with zero attached hydrogens (tertiary/aromatic N) is 1. The Morgan fingerprint density at radius 3 is 2.75 bits per heavy atom. The Kier molecular flexibility index (Phi) is 1.86. The summed E-state index contributed by atoms with van der Waals surface area (Å²) in [6.07, 6.45) is 2.43. The van der Waals surface area contributed by atoms with Crippen molar-refractivity contribution < 1.29 is 5.11 Å². The lowest BCUT2D eigenvalue weighted by atomic mass is 10.2. The molecular formula is C6H13NO. The van der Waals surface area contributed by atoms with Crippen LogP contribution in [0.5, 0.6) is 0 Å². The molecule has 1 N–H and O–H groups in total. The Labute approximate surface area is 50.1 Å². The standard InChI is InChI=1S/C6H13NO/c1-7-4-2-3-6(7)5-8/h6,8H,2-5H2,1H3/t6-/m0/s1/i1-1. The molecule has 2 nitrogen and oxygen atoms in total. The monoisotopic (exact) mass is 114 g/mol. The van der Waals surface area contributed by atoms with E-state index in [-0.39, 0.29) is 0 Å². The highest BCUT2D eigenvalue weighted by molar-refractivity contribution is 4.74. The van der Waals surface area contributed by atoms with Gasteiger partial charge >= 0.3 is 0 Å². The van der Waals surface area contributed by atoms with E-state index in [1.165, 1.54) is 12.8 Å². The molecule has 48 valence electrons. The van der Waals surface area contributed by atoms with E-state index in [0.29, 0.717) is 12.6 Å². The summed E-state index contributed by atoms with van der Waals surface area (Å²) in [6.45, 7) is 1.49. The highest BCUT2D eigenvalue weighted by Crippen LogP contribution is 2.12. The number of likely N-dealkylation sites (N-methyl/N-ethyl adjacent to an activating group) is 1. The van der Waals surface area contributed by atoms with Crippen molar-refractivity contribution >= 4 is 0 Å². The topological polar surface area (TPSA) is 23.5 Å². The van der Waals surface area contributed by atoms with Crippen molar-refractivity contribution in [2.24, 2.45) is 0 Å². The fourth-order valence-corrected chi connectivity index (χ4v) is 1.21. The summed E-state index contributed by atoms with van der Waals surface area (Å²) in [7, 11) is 2.06. The van der Waals surface area contributed by atoms with Crippen molar-refractivity contribution in [3.63, 3.8) is 0 Å². The van der Waals surface area contributed by atoms with Crippen molar-refractivity contribution in [3.8, 4) is 0 Å². The van der Waals surface area contributed by atoms with Crippen molar-refractivity contribution in [1.82, 2.24) is 4.90 Å². The number of likely N-dealkylation sites (tertiary alicyclic amines) is 1. The van der Waals surface area contributed by atoms with Crippen LogP contribution in [-0.2, 0) is 0 Å². The van der Waals surface area contributed by atoms with Crippen molar-refractivity contribution in [2.45, 2.75) is 18.9 Å². The van der Waals surface area contributed by atoms with E-state index < -0.39 is 0 Å². The van der Waals surface area contributed by atoms with Gasteiger partial charge in [-0.3, -0.25) is 0 Å². The van der Waals surface area contributed by atoms with Gasteiger partial charge in [-0.15, -0.1) is 0 Å². The van der Waals surface area contributed by atoms with Gasteiger partial charge in [0.15, 0.2) is 0 Å². The summed E-state index contributed by atoms with van der Waals surface area (Å²) >= 11 is 0. The van der Waals surface area contributed by atoms with Crippen LogP contribution in [0.1, 0.15) is 12.8 Å². The average Bonchev–Trinajstić information content (AvgIpc) is 2.14. The van der Waals surface area contributed by atoms with Crippen LogP contribution in [0.2, 0.25) is 0 Å². The fraction of sp³-hybridized carbons (Fsp3) is 1.00. The molecule has 1 rings (SSSR count).